The normalized spacial score (nSPS) is 14.8. The second-order valence-corrected chi connectivity index (χ2v) is 7.41. The SMILES string of the molecule is N#Cc1ccc(N2CCC(C(=O)Nc3ccc(I)nc3)CC2)cc1Cl. The van der Waals surface area contributed by atoms with E-state index in [1.807, 2.05) is 24.3 Å². The van der Waals surface area contributed by atoms with Crippen LogP contribution in [-0.2, 0) is 4.79 Å². The van der Waals surface area contributed by atoms with Gasteiger partial charge < -0.3 is 10.2 Å². The number of piperidine rings is 1. The average Bonchev–Trinajstić information content (AvgIpc) is 2.63. The Bertz CT molecular complexity index is 811. The number of anilines is 2. The fraction of sp³-hybridized carbons (Fsp3) is 0.278. The lowest BCUT2D eigenvalue weighted by Gasteiger charge is -2.33. The minimum Gasteiger partial charge on any atom is -0.371 e. The van der Waals surface area contributed by atoms with Crippen LogP contribution in [0.15, 0.2) is 36.5 Å². The molecule has 1 aromatic carbocycles. The number of carbonyl (C=O) groups excluding carboxylic acids is 1. The third kappa shape index (κ3) is 4.41. The van der Waals surface area contributed by atoms with Crippen molar-refractivity contribution in [3.05, 3.63) is 50.8 Å². The van der Waals surface area contributed by atoms with Crippen molar-refractivity contribution in [1.29, 1.82) is 5.26 Å². The molecule has 0 atom stereocenters. The third-order valence-corrected chi connectivity index (χ3v) is 5.25. The molecule has 1 amide bonds. The number of rotatable bonds is 3. The highest BCUT2D eigenvalue weighted by atomic mass is 127. The van der Waals surface area contributed by atoms with Crippen molar-refractivity contribution < 1.29 is 4.79 Å². The van der Waals surface area contributed by atoms with Crippen molar-refractivity contribution in [3.8, 4) is 6.07 Å². The van der Waals surface area contributed by atoms with Crippen molar-refractivity contribution in [2.75, 3.05) is 23.3 Å². The maximum atomic E-state index is 12.4. The Morgan fingerprint density at radius 3 is 2.68 bits per heavy atom. The number of aromatic nitrogens is 1. The van der Waals surface area contributed by atoms with Crippen molar-refractivity contribution in [3.63, 3.8) is 0 Å². The molecule has 0 spiro atoms. The molecule has 0 saturated carbocycles. The molecule has 1 aliphatic rings. The first kappa shape index (κ1) is 18.0. The first-order chi connectivity index (χ1) is 12.1. The minimum atomic E-state index is -0.00983. The summed E-state index contributed by atoms with van der Waals surface area (Å²) in [7, 11) is 0. The fourth-order valence-electron chi connectivity index (χ4n) is 2.89. The summed E-state index contributed by atoms with van der Waals surface area (Å²) in [6, 6.07) is 11.3. The van der Waals surface area contributed by atoms with Crippen LogP contribution < -0.4 is 10.2 Å². The summed E-state index contributed by atoms with van der Waals surface area (Å²) in [6.07, 6.45) is 3.23. The van der Waals surface area contributed by atoms with Gasteiger partial charge in [0.05, 0.1) is 22.5 Å². The number of amides is 1. The minimum absolute atomic E-state index is 0.00983. The molecule has 1 aliphatic heterocycles. The molecular formula is C18H16ClIN4O. The summed E-state index contributed by atoms with van der Waals surface area (Å²) in [5.74, 6) is 0.0323. The number of hydrogen-bond acceptors (Lipinski definition) is 4. The zero-order valence-electron chi connectivity index (χ0n) is 13.4. The van der Waals surface area contributed by atoms with Gasteiger partial charge >= 0.3 is 0 Å². The van der Waals surface area contributed by atoms with Gasteiger partial charge in [-0.05, 0) is 65.8 Å². The van der Waals surface area contributed by atoms with Crippen molar-refractivity contribution in [2.24, 2.45) is 5.92 Å². The number of hydrogen-bond donors (Lipinski definition) is 1. The summed E-state index contributed by atoms with van der Waals surface area (Å²) in [5, 5.41) is 12.4. The number of nitrogens with zero attached hydrogens (tertiary/aromatic N) is 3. The van der Waals surface area contributed by atoms with E-state index in [-0.39, 0.29) is 11.8 Å². The molecule has 1 aromatic heterocycles. The molecule has 3 rings (SSSR count). The Hall–Kier alpha value is -1.85. The smallest absolute Gasteiger partial charge is 0.227 e. The van der Waals surface area contributed by atoms with Crippen molar-refractivity contribution >= 4 is 51.5 Å². The molecule has 2 aromatic rings. The van der Waals surface area contributed by atoms with Gasteiger partial charge in [-0.1, -0.05) is 11.6 Å². The molecule has 0 radical (unpaired) electrons. The molecule has 1 saturated heterocycles. The number of halogens is 2. The van der Waals surface area contributed by atoms with Gasteiger partial charge in [0.2, 0.25) is 5.91 Å². The van der Waals surface area contributed by atoms with E-state index in [1.54, 1.807) is 12.3 Å². The van der Waals surface area contributed by atoms with Crippen LogP contribution in [0, 0.1) is 20.9 Å². The van der Waals surface area contributed by atoms with Gasteiger partial charge in [-0.3, -0.25) is 4.79 Å². The Morgan fingerprint density at radius 1 is 1.32 bits per heavy atom. The van der Waals surface area contributed by atoms with E-state index in [1.165, 1.54) is 0 Å². The number of pyridine rings is 1. The predicted molar refractivity (Wildman–Crippen MR) is 107 cm³/mol. The van der Waals surface area contributed by atoms with E-state index in [0.717, 1.165) is 41.0 Å². The highest BCUT2D eigenvalue weighted by Crippen LogP contribution is 2.28. The average molecular weight is 467 g/mol. The van der Waals surface area contributed by atoms with Crippen LogP contribution in [0.3, 0.4) is 0 Å². The van der Waals surface area contributed by atoms with Gasteiger partial charge in [0.15, 0.2) is 0 Å². The number of carbonyl (C=O) groups is 1. The Labute approximate surface area is 165 Å². The fourth-order valence-corrected chi connectivity index (χ4v) is 3.42. The molecule has 25 heavy (non-hydrogen) atoms. The van der Waals surface area contributed by atoms with Crippen LogP contribution in [-0.4, -0.2) is 24.0 Å². The van der Waals surface area contributed by atoms with E-state index in [2.05, 4.69) is 43.9 Å². The zero-order valence-corrected chi connectivity index (χ0v) is 16.3. The van der Waals surface area contributed by atoms with Gasteiger partial charge in [-0.2, -0.15) is 5.26 Å². The van der Waals surface area contributed by atoms with Crippen LogP contribution in [0.4, 0.5) is 11.4 Å². The molecule has 7 heteroatoms. The second kappa shape index (κ2) is 8.02. The predicted octanol–water partition coefficient (Wildman–Crippen LogP) is 4.07. The van der Waals surface area contributed by atoms with Gasteiger partial charge in [0.25, 0.3) is 0 Å². The first-order valence-corrected chi connectivity index (χ1v) is 9.39. The lowest BCUT2D eigenvalue weighted by Crippen LogP contribution is -2.38. The molecule has 1 fully saturated rings. The zero-order chi connectivity index (χ0) is 17.8. The Balaban J connectivity index is 1.58. The standard InChI is InChI=1S/C18H16ClIN4O/c19-16-9-15(3-1-13(16)10-21)24-7-5-12(6-8-24)18(25)23-14-2-4-17(20)22-11-14/h1-4,9,11-12H,5-8H2,(H,23,25). The van der Waals surface area contributed by atoms with Crippen LogP contribution in [0.1, 0.15) is 18.4 Å². The largest absolute Gasteiger partial charge is 0.371 e. The van der Waals surface area contributed by atoms with E-state index in [0.29, 0.717) is 10.6 Å². The van der Waals surface area contributed by atoms with Crippen LogP contribution in [0.25, 0.3) is 0 Å². The summed E-state index contributed by atoms with van der Waals surface area (Å²) < 4.78 is 0.894. The third-order valence-electron chi connectivity index (χ3n) is 4.30. The van der Waals surface area contributed by atoms with Crippen LogP contribution in [0.2, 0.25) is 5.02 Å². The van der Waals surface area contributed by atoms with E-state index < -0.39 is 0 Å². The molecule has 0 aliphatic carbocycles. The molecule has 5 nitrogen and oxygen atoms in total. The first-order valence-electron chi connectivity index (χ1n) is 7.94. The highest BCUT2D eigenvalue weighted by Gasteiger charge is 2.25. The van der Waals surface area contributed by atoms with Crippen LogP contribution >= 0.6 is 34.2 Å². The van der Waals surface area contributed by atoms with Gasteiger partial charge in [-0.25, -0.2) is 4.98 Å². The molecule has 128 valence electrons. The molecule has 1 N–H and O–H groups in total. The second-order valence-electron chi connectivity index (χ2n) is 5.90. The Morgan fingerprint density at radius 2 is 2.08 bits per heavy atom. The van der Waals surface area contributed by atoms with Gasteiger partial charge in [-0.15, -0.1) is 0 Å². The number of benzene rings is 1. The maximum absolute atomic E-state index is 12.4. The van der Waals surface area contributed by atoms with Gasteiger partial charge in [0.1, 0.15) is 9.77 Å². The molecule has 0 unspecified atom stereocenters. The summed E-state index contributed by atoms with van der Waals surface area (Å²) >= 11 is 8.24. The van der Waals surface area contributed by atoms with Gasteiger partial charge in [0, 0.05) is 24.7 Å². The number of nitriles is 1. The summed E-state index contributed by atoms with van der Waals surface area (Å²) in [4.78, 5) is 18.8. The van der Waals surface area contributed by atoms with E-state index in [4.69, 9.17) is 16.9 Å². The van der Waals surface area contributed by atoms with Crippen LogP contribution in [0.5, 0.6) is 0 Å². The van der Waals surface area contributed by atoms with Crippen molar-refractivity contribution in [2.45, 2.75) is 12.8 Å². The van der Waals surface area contributed by atoms with E-state index >= 15 is 0 Å². The molecule has 2 heterocycles. The summed E-state index contributed by atoms with van der Waals surface area (Å²) in [6.45, 7) is 1.57. The molecular weight excluding hydrogens is 451 g/mol. The topological polar surface area (TPSA) is 69.0 Å². The Kier molecular flexibility index (Phi) is 5.76. The van der Waals surface area contributed by atoms with E-state index in [9.17, 15) is 4.79 Å². The lowest BCUT2D eigenvalue weighted by atomic mass is 9.95. The lowest BCUT2D eigenvalue weighted by molar-refractivity contribution is -0.120. The monoisotopic (exact) mass is 466 g/mol. The quantitative estimate of drug-likeness (QED) is 0.547. The summed E-state index contributed by atoms with van der Waals surface area (Å²) in [5.41, 5.74) is 2.20. The number of nitrogens with one attached hydrogen (secondary N) is 1. The maximum Gasteiger partial charge on any atom is 0.227 e. The molecule has 0 bridgehead atoms. The highest BCUT2D eigenvalue weighted by molar-refractivity contribution is 14.1. The van der Waals surface area contributed by atoms with Crippen molar-refractivity contribution in [1.82, 2.24) is 4.98 Å².